The molecular weight excluding hydrogens is 432 g/mol. The zero-order valence-corrected chi connectivity index (χ0v) is 19.3. The minimum absolute atomic E-state index is 0.00492. The van der Waals surface area contributed by atoms with Gasteiger partial charge in [0.05, 0.1) is 24.8 Å². The first-order valence-electron chi connectivity index (χ1n) is 11.0. The number of benzene rings is 2. The van der Waals surface area contributed by atoms with Gasteiger partial charge in [-0.25, -0.2) is 0 Å². The van der Waals surface area contributed by atoms with Crippen LogP contribution in [0.2, 0.25) is 0 Å². The van der Waals surface area contributed by atoms with E-state index < -0.39 is 17.7 Å². The van der Waals surface area contributed by atoms with Gasteiger partial charge in [0.2, 0.25) is 0 Å². The maximum absolute atomic E-state index is 13.2. The minimum Gasteiger partial charge on any atom is -0.507 e. The van der Waals surface area contributed by atoms with Crippen molar-refractivity contribution in [2.24, 2.45) is 0 Å². The minimum atomic E-state index is -0.790. The van der Waals surface area contributed by atoms with Gasteiger partial charge in [0, 0.05) is 24.5 Å². The Kier molecular flexibility index (Phi) is 6.63. The van der Waals surface area contributed by atoms with Crippen LogP contribution in [0.5, 0.6) is 11.5 Å². The largest absolute Gasteiger partial charge is 0.507 e. The second-order valence-electron chi connectivity index (χ2n) is 8.26. The molecule has 0 radical (unpaired) electrons. The average Bonchev–Trinajstić information content (AvgIpc) is 3.09. The van der Waals surface area contributed by atoms with Gasteiger partial charge in [-0.1, -0.05) is 18.2 Å². The normalized spacial score (nSPS) is 17.3. The number of likely N-dealkylation sites (tertiary alicyclic amines) is 1. The second-order valence-corrected chi connectivity index (χ2v) is 8.26. The van der Waals surface area contributed by atoms with E-state index in [0.717, 1.165) is 5.56 Å². The summed E-state index contributed by atoms with van der Waals surface area (Å²) < 4.78 is 11.0. The average molecular weight is 459 g/mol. The van der Waals surface area contributed by atoms with Gasteiger partial charge >= 0.3 is 0 Å². The van der Waals surface area contributed by atoms with Crippen molar-refractivity contribution in [3.63, 3.8) is 0 Å². The smallest absolute Gasteiger partial charge is 0.295 e. The van der Waals surface area contributed by atoms with Gasteiger partial charge in [0.15, 0.2) is 0 Å². The van der Waals surface area contributed by atoms with Crippen molar-refractivity contribution < 1.29 is 24.2 Å². The molecule has 7 nitrogen and oxygen atoms in total. The summed E-state index contributed by atoms with van der Waals surface area (Å²) in [5.41, 5.74) is 1.87. The monoisotopic (exact) mass is 458 g/mol. The number of aliphatic hydroxyl groups is 1. The number of amides is 1. The third-order valence-corrected chi connectivity index (χ3v) is 5.52. The number of carbonyl (C=O) groups is 2. The van der Waals surface area contributed by atoms with E-state index in [1.54, 1.807) is 68.0 Å². The number of carbonyl (C=O) groups excluding carboxylic acids is 2. The lowest BCUT2D eigenvalue weighted by atomic mass is 9.95. The molecule has 0 aliphatic carbocycles. The number of hydrogen-bond donors (Lipinski definition) is 1. The van der Waals surface area contributed by atoms with E-state index in [4.69, 9.17) is 9.47 Å². The molecule has 1 saturated heterocycles. The summed E-state index contributed by atoms with van der Waals surface area (Å²) in [6.45, 7) is 4.01. The van der Waals surface area contributed by atoms with Crippen LogP contribution in [0.25, 0.3) is 5.76 Å². The molecule has 0 bridgehead atoms. The fraction of sp³-hybridized carbons (Fsp3) is 0.222. The van der Waals surface area contributed by atoms with E-state index in [-0.39, 0.29) is 24.0 Å². The van der Waals surface area contributed by atoms with Crippen molar-refractivity contribution in [2.45, 2.75) is 32.5 Å². The fourth-order valence-corrected chi connectivity index (χ4v) is 4.01. The van der Waals surface area contributed by atoms with E-state index in [9.17, 15) is 14.7 Å². The molecule has 3 aromatic rings. The lowest BCUT2D eigenvalue weighted by molar-refractivity contribution is -0.140. The summed E-state index contributed by atoms with van der Waals surface area (Å²) in [6.07, 6.45) is 3.30. The number of ether oxygens (including phenoxy) is 2. The van der Waals surface area contributed by atoms with E-state index in [1.165, 1.54) is 4.90 Å². The molecular formula is C27H26N2O5. The fourth-order valence-electron chi connectivity index (χ4n) is 4.01. The Morgan fingerprint density at radius 1 is 1.06 bits per heavy atom. The number of hydrogen-bond acceptors (Lipinski definition) is 6. The highest BCUT2D eigenvalue weighted by Crippen LogP contribution is 2.41. The van der Waals surface area contributed by atoms with Crippen LogP contribution in [0.15, 0.2) is 78.6 Å². The van der Waals surface area contributed by atoms with Crippen LogP contribution in [-0.2, 0) is 16.1 Å². The Labute approximate surface area is 198 Å². The molecule has 2 heterocycles. The third kappa shape index (κ3) is 4.64. The molecule has 0 spiro atoms. The summed E-state index contributed by atoms with van der Waals surface area (Å²) >= 11 is 0. The Balaban J connectivity index is 1.81. The molecule has 1 aliphatic rings. The van der Waals surface area contributed by atoms with Gasteiger partial charge in [-0.15, -0.1) is 0 Å². The first kappa shape index (κ1) is 23.0. The number of pyridine rings is 1. The summed E-state index contributed by atoms with van der Waals surface area (Å²) in [6, 6.07) is 16.7. The van der Waals surface area contributed by atoms with Crippen LogP contribution in [0.3, 0.4) is 0 Å². The summed E-state index contributed by atoms with van der Waals surface area (Å²) in [7, 11) is 1.55. The molecule has 174 valence electrons. The zero-order chi connectivity index (χ0) is 24.2. The molecule has 1 atom stereocenters. The number of aromatic nitrogens is 1. The highest BCUT2D eigenvalue weighted by molar-refractivity contribution is 6.46. The molecule has 1 fully saturated rings. The van der Waals surface area contributed by atoms with Gasteiger partial charge < -0.3 is 19.5 Å². The lowest BCUT2D eigenvalue weighted by Crippen LogP contribution is -2.29. The SMILES string of the molecule is COc1cccc(C2/C(=C(/O)c3ccc(OC(C)C)cc3)C(=O)C(=O)N2Cc2cccnc2)c1. The predicted molar refractivity (Wildman–Crippen MR) is 127 cm³/mol. The Hall–Kier alpha value is -4.13. The van der Waals surface area contributed by atoms with Crippen molar-refractivity contribution >= 4 is 17.4 Å². The first-order chi connectivity index (χ1) is 16.4. The number of rotatable bonds is 7. The second kappa shape index (κ2) is 9.79. The molecule has 1 aliphatic heterocycles. The van der Waals surface area contributed by atoms with E-state index >= 15 is 0 Å². The predicted octanol–water partition coefficient (Wildman–Crippen LogP) is 4.50. The quantitative estimate of drug-likeness (QED) is 0.319. The van der Waals surface area contributed by atoms with E-state index in [2.05, 4.69) is 4.98 Å². The first-order valence-corrected chi connectivity index (χ1v) is 11.0. The van der Waals surface area contributed by atoms with Gasteiger partial charge in [-0.05, 0) is 67.4 Å². The number of methoxy groups -OCH3 is 1. The van der Waals surface area contributed by atoms with E-state index in [0.29, 0.717) is 22.6 Å². The van der Waals surface area contributed by atoms with Crippen molar-refractivity contribution in [1.29, 1.82) is 0 Å². The molecule has 0 saturated carbocycles. The molecule has 4 rings (SSSR count). The molecule has 1 aromatic heterocycles. The van der Waals surface area contributed by atoms with Gasteiger partial charge in [-0.2, -0.15) is 0 Å². The summed E-state index contributed by atoms with van der Waals surface area (Å²) in [5.74, 6) is -0.432. The van der Waals surface area contributed by atoms with Crippen molar-refractivity contribution in [3.05, 3.63) is 95.3 Å². The highest BCUT2D eigenvalue weighted by atomic mass is 16.5. The van der Waals surface area contributed by atoms with Crippen LogP contribution in [0.1, 0.15) is 36.6 Å². The molecule has 2 aromatic carbocycles. The standard InChI is InChI=1S/C27H26N2O5/c1-17(2)34-21-11-9-19(10-12-21)25(30)23-24(20-7-4-8-22(14-20)33-3)29(27(32)26(23)31)16-18-6-5-13-28-15-18/h4-15,17,24,30H,16H2,1-3H3/b25-23-. The van der Waals surface area contributed by atoms with E-state index in [1.807, 2.05) is 26.0 Å². The summed E-state index contributed by atoms with van der Waals surface area (Å²) in [4.78, 5) is 31.9. The molecule has 1 N–H and O–H groups in total. The Morgan fingerprint density at radius 2 is 1.82 bits per heavy atom. The number of nitrogens with zero attached hydrogens (tertiary/aromatic N) is 2. The highest BCUT2D eigenvalue weighted by Gasteiger charge is 2.46. The Bertz CT molecular complexity index is 1220. The number of Topliss-reactive ketones (excluding diaryl/α,β-unsaturated/α-hetero) is 1. The molecule has 34 heavy (non-hydrogen) atoms. The van der Waals surface area contributed by atoms with Crippen LogP contribution in [0, 0.1) is 0 Å². The zero-order valence-electron chi connectivity index (χ0n) is 19.3. The maximum Gasteiger partial charge on any atom is 0.295 e. The molecule has 1 amide bonds. The van der Waals surface area contributed by atoms with Crippen molar-refractivity contribution in [2.75, 3.05) is 7.11 Å². The van der Waals surface area contributed by atoms with Crippen LogP contribution in [0.4, 0.5) is 0 Å². The van der Waals surface area contributed by atoms with Gasteiger partial charge in [0.1, 0.15) is 17.3 Å². The van der Waals surface area contributed by atoms with Gasteiger partial charge in [-0.3, -0.25) is 14.6 Å². The maximum atomic E-state index is 13.2. The number of aliphatic hydroxyl groups excluding tert-OH is 1. The van der Waals surface area contributed by atoms with Crippen molar-refractivity contribution in [1.82, 2.24) is 9.88 Å². The van der Waals surface area contributed by atoms with Crippen molar-refractivity contribution in [3.8, 4) is 11.5 Å². The number of ketones is 1. The lowest BCUT2D eigenvalue weighted by Gasteiger charge is -2.25. The van der Waals surface area contributed by atoms with Crippen LogP contribution in [-0.4, -0.2) is 39.9 Å². The van der Waals surface area contributed by atoms with Gasteiger partial charge in [0.25, 0.3) is 11.7 Å². The third-order valence-electron chi connectivity index (χ3n) is 5.52. The molecule has 1 unspecified atom stereocenters. The summed E-state index contributed by atoms with van der Waals surface area (Å²) in [5, 5.41) is 11.2. The Morgan fingerprint density at radius 3 is 2.47 bits per heavy atom. The van der Waals surface area contributed by atoms with Crippen LogP contribution < -0.4 is 9.47 Å². The van der Waals surface area contributed by atoms with Crippen LogP contribution >= 0.6 is 0 Å². The molecule has 7 heteroatoms. The topological polar surface area (TPSA) is 89.0 Å².